The fourth-order valence-corrected chi connectivity index (χ4v) is 1.67. The molecular formula is C10H12F5NO2. The number of halogens is 5. The number of carbonyl (C=O) groups is 1. The molecule has 0 aromatic heterocycles. The molecule has 0 aromatic rings. The Hall–Kier alpha value is -1.34. The molecule has 1 fully saturated rings. The summed E-state index contributed by atoms with van der Waals surface area (Å²) in [4.78, 5) is 11.7. The first-order valence-corrected chi connectivity index (χ1v) is 5.04. The lowest BCUT2D eigenvalue weighted by Gasteiger charge is -2.16. The Morgan fingerprint density at radius 1 is 1.50 bits per heavy atom. The van der Waals surface area contributed by atoms with E-state index in [-0.39, 0.29) is 12.1 Å². The van der Waals surface area contributed by atoms with E-state index >= 15 is 0 Å². The molecule has 18 heavy (non-hydrogen) atoms. The second-order valence-electron chi connectivity index (χ2n) is 4.21. The van der Waals surface area contributed by atoms with Crippen LogP contribution in [-0.4, -0.2) is 42.8 Å². The Labute approximate surface area is 100 Å². The fraction of sp³-hybridized carbons (Fsp3) is 0.700. The zero-order chi connectivity index (χ0) is 14.1. The second kappa shape index (κ2) is 4.74. The highest BCUT2D eigenvalue weighted by Crippen LogP contribution is 2.37. The van der Waals surface area contributed by atoms with E-state index < -0.39 is 37.3 Å². The van der Waals surface area contributed by atoms with Crippen LogP contribution in [0.2, 0.25) is 0 Å². The van der Waals surface area contributed by atoms with E-state index in [2.05, 4.69) is 11.3 Å². The molecule has 0 aliphatic carbocycles. The van der Waals surface area contributed by atoms with E-state index in [1.165, 1.54) is 6.92 Å². The minimum absolute atomic E-state index is 0.172. The van der Waals surface area contributed by atoms with Gasteiger partial charge in [-0.25, -0.2) is 13.6 Å². The van der Waals surface area contributed by atoms with Crippen LogP contribution < -0.4 is 0 Å². The maximum absolute atomic E-state index is 13.4. The third kappa shape index (κ3) is 3.58. The van der Waals surface area contributed by atoms with Gasteiger partial charge in [0, 0.05) is 6.54 Å². The van der Waals surface area contributed by atoms with E-state index in [0.29, 0.717) is 4.90 Å². The summed E-state index contributed by atoms with van der Waals surface area (Å²) in [5.41, 5.74) is 0.172. The van der Waals surface area contributed by atoms with Gasteiger partial charge in [0.2, 0.25) is 0 Å². The summed E-state index contributed by atoms with van der Waals surface area (Å²) in [5.74, 6) is -4.45. The first kappa shape index (κ1) is 14.7. The molecule has 1 atom stereocenters. The van der Waals surface area contributed by atoms with E-state index in [1.54, 1.807) is 0 Å². The van der Waals surface area contributed by atoms with Crippen LogP contribution in [0, 0.1) is 5.92 Å². The van der Waals surface area contributed by atoms with Crippen LogP contribution in [0.1, 0.15) is 6.92 Å². The highest BCUT2D eigenvalue weighted by atomic mass is 19.4. The van der Waals surface area contributed by atoms with Crippen molar-refractivity contribution in [3.8, 4) is 0 Å². The smallest absolute Gasteiger partial charge is 0.422 e. The summed E-state index contributed by atoms with van der Waals surface area (Å²) in [7, 11) is 0. The molecule has 1 saturated heterocycles. The molecule has 1 aliphatic heterocycles. The van der Waals surface area contributed by atoms with Crippen LogP contribution in [0.4, 0.5) is 26.7 Å². The molecule has 0 spiro atoms. The predicted molar refractivity (Wildman–Crippen MR) is 52.2 cm³/mol. The van der Waals surface area contributed by atoms with E-state index in [0.717, 1.165) is 0 Å². The largest absolute Gasteiger partial charge is 0.440 e. The maximum Gasteiger partial charge on any atom is 0.422 e. The Balaban J connectivity index is 2.60. The van der Waals surface area contributed by atoms with Crippen LogP contribution in [-0.2, 0) is 4.74 Å². The normalized spacial score (nSPS) is 23.0. The zero-order valence-corrected chi connectivity index (χ0v) is 9.56. The number of hydrogen-bond acceptors (Lipinski definition) is 2. The van der Waals surface area contributed by atoms with Gasteiger partial charge < -0.3 is 9.64 Å². The minimum atomic E-state index is -4.67. The number of alkyl halides is 5. The van der Waals surface area contributed by atoms with E-state index in [4.69, 9.17) is 0 Å². The first-order valence-electron chi connectivity index (χ1n) is 5.04. The molecule has 8 heteroatoms. The zero-order valence-electron chi connectivity index (χ0n) is 9.56. The predicted octanol–water partition coefficient (Wildman–Crippen LogP) is 2.83. The molecule has 0 radical (unpaired) electrons. The van der Waals surface area contributed by atoms with Gasteiger partial charge in [-0.3, -0.25) is 0 Å². The van der Waals surface area contributed by atoms with E-state index in [1.807, 2.05) is 0 Å². The molecule has 0 N–H and O–H groups in total. The van der Waals surface area contributed by atoms with Crippen molar-refractivity contribution < 1.29 is 31.5 Å². The van der Waals surface area contributed by atoms with Gasteiger partial charge in [-0.05, 0) is 6.92 Å². The molecule has 0 bridgehead atoms. The summed E-state index contributed by atoms with van der Waals surface area (Å²) >= 11 is 0. The molecule has 0 saturated carbocycles. The molecular weight excluding hydrogens is 261 g/mol. The molecule has 1 unspecified atom stereocenters. The molecule has 3 nitrogen and oxygen atoms in total. The second-order valence-corrected chi connectivity index (χ2v) is 4.21. The number of hydrogen-bond donors (Lipinski definition) is 0. The maximum atomic E-state index is 13.4. The number of rotatable bonds is 2. The van der Waals surface area contributed by atoms with Gasteiger partial charge >= 0.3 is 12.3 Å². The van der Waals surface area contributed by atoms with Gasteiger partial charge in [0.25, 0.3) is 5.92 Å². The number of likely N-dealkylation sites (tertiary alicyclic amines) is 1. The Bertz CT molecular complexity index is 353. The van der Waals surface area contributed by atoms with Gasteiger partial charge in [-0.1, -0.05) is 12.2 Å². The SMILES string of the molecule is C=C(C)C1CN(C(=O)OCC(F)(F)F)CC1(F)F. The van der Waals surface area contributed by atoms with Crippen molar-refractivity contribution in [1.82, 2.24) is 4.90 Å². The van der Waals surface area contributed by atoms with Crippen LogP contribution in [0.15, 0.2) is 12.2 Å². The van der Waals surface area contributed by atoms with E-state index in [9.17, 15) is 26.7 Å². The monoisotopic (exact) mass is 273 g/mol. The van der Waals surface area contributed by atoms with Gasteiger partial charge in [-0.2, -0.15) is 13.2 Å². The van der Waals surface area contributed by atoms with Gasteiger partial charge in [-0.15, -0.1) is 0 Å². The highest BCUT2D eigenvalue weighted by molar-refractivity contribution is 5.68. The van der Waals surface area contributed by atoms with Crippen LogP contribution in [0.3, 0.4) is 0 Å². The molecule has 1 amide bonds. The summed E-state index contributed by atoms with van der Waals surface area (Å²) in [6.07, 6.45) is -6.07. The van der Waals surface area contributed by atoms with Crippen molar-refractivity contribution in [2.75, 3.05) is 19.7 Å². The van der Waals surface area contributed by atoms with Crippen molar-refractivity contribution in [2.24, 2.45) is 5.92 Å². The van der Waals surface area contributed by atoms with Crippen LogP contribution in [0.25, 0.3) is 0 Å². The molecule has 1 heterocycles. The van der Waals surface area contributed by atoms with Gasteiger partial charge in [0.15, 0.2) is 6.61 Å². The molecule has 1 rings (SSSR count). The summed E-state index contributed by atoms with van der Waals surface area (Å²) in [6.45, 7) is 1.62. The fourth-order valence-electron chi connectivity index (χ4n) is 1.67. The Morgan fingerprint density at radius 2 is 2.06 bits per heavy atom. The number of nitrogens with zero attached hydrogens (tertiary/aromatic N) is 1. The van der Waals surface area contributed by atoms with Gasteiger partial charge in [0.1, 0.15) is 0 Å². The van der Waals surface area contributed by atoms with Crippen LogP contribution >= 0.6 is 0 Å². The summed E-state index contributed by atoms with van der Waals surface area (Å²) in [6, 6.07) is 0. The third-order valence-electron chi connectivity index (χ3n) is 2.53. The van der Waals surface area contributed by atoms with Crippen molar-refractivity contribution in [3.63, 3.8) is 0 Å². The minimum Gasteiger partial charge on any atom is -0.440 e. The molecule has 1 aliphatic rings. The molecule has 104 valence electrons. The lowest BCUT2D eigenvalue weighted by Crippen LogP contribution is -2.34. The number of ether oxygens (including phenoxy) is 1. The summed E-state index contributed by atoms with van der Waals surface area (Å²) in [5, 5.41) is 0. The highest BCUT2D eigenvalue weighted by Gasteiger charge is 2.50. The standard InChI is InChI=1S/C10H12F5NO2/c1-6(2)7-3-16(4-9(7,11)12)8(17)18-5-10(13,14)15/h7H,1,3-5H2,2H3. The average molecular weight is 273 g/mol. The molecule has 0 aromatic carbocycles. The lowest BCUT2D eigenvalue weighted by atomic mass is 9.98. The first-order chi connectivity index (χ1) is 8.03. The quantitative estimate of drug-likeness (QED) is 0.572. The number of carbonyl (C=O) groups excluding carboxylic acids is 1. The topological polar surface area (TPSA) is 29.5 Å². The van der Waals surface area contributed by atoms with Crippen molar-refractivity contribution in [2.45, 2.75) is 19.0 Å². The van der Waals surface area contributed by atoms with Gasteiger partial charge in [0.05, 0.1) is 12.5 Å². The van der Waals surface area contributed by atoms with Crippen molar-refractivity contribution in [1.29, 1.82) is 0 Å². The van der Waals surface area contributed by atoms with Crippen LogP contribution in [0.5, 0.6) is 0 Å². The summed E-state index contributed by atoms with van der Waals surface area (Å²) < 4.78 is 66.1. The van der Waals surface area contributed by atoms with Crippen molar-refractivity contribution >= 4 is 6.09 Å². The lowest BCUT2D eigenvalue weighted by molar-refractivity contribution is -0.162. The Kier molecular flexibility index (Phi) is 3.87. The average Bonchev–Trinajstić information content (AvgIpc) is 2.49. The van der Waals surface area contributed by atoms with Crippen molar-refractivity contribution in [3.05, 3.63) is 12.2 Å². The third-order valence-corrected chi connectivity index (χ3v) is 2.53. The Morgan fingerprint density at radius 3 is 2.44 bits per heavy atom. The number of amides is 1.